The Morgan fingerprint density at radius 2 is 1.94 bits per heavy atom. The zero-order valence-corrected chi connectivity index (χ0v) is 11.4. The summed E-state index contributed by atoms with van der Waals surface area (Å²) >= 11 is 6.02. The first kappa shape index (κ1) is 13.8. The number of rotatable bonds is 3. The van der Waals surface area contributed by atoms with E-state index in [1.807, 2.05) is 0 Å². The number of sulfone groups is 1. The molecule has 0 radical (unpaired) electrons. The van der Waals surface area contributed by atoms with Gasteiger partial charge in [-0.3, -0.25) is 4.79 Å². The lowest BCUT2D eigenvalue weighted by molar-refractivity contribution is -0.123. The second-order valence-corrected chi connectivity index (χ2v) is 7.93. The fourth-order valence-electron chi connectivity index (χ4n) is 1.59. The van der Waals surface area contributed by atoms with Crippen LogP contribution in [0.1, 0.15) is 33.1 Å². The molecule has 0 bridgehead atoms. The summed E-state index contributed by atoms with van der Waals surface area (Å²) in [4.78, 5) is 11.9. The second-order valence-electron chi connectivity index (χ2n) is 4.81. The lowest BCUT2D eigenvalue weighted by Crippen LogP contribution is -2.51. The molecule has 0 aromatic heterocycles. The van der Waals surface area contributed by atoms with E-state index in [0.29, 0.717) is 0 Å². The van der Waals surface area contributed by atoms with E-state index >= 15 is 0 Å². The van der Waals surface area contributed by atoms with Crippen LogP contribution >= 0.6 is 11.6 Å². The van der Waals surface area contributed by atoms with Gasteiger partial charge in [0.05, 0.1) is 5.38 Å². The highest BCUT2D eigenvalue weighted by Gasteiger charge is 2.40. The van der Waals surface area contributed by atoms with E-state index in [-0.39, 0.29) is 11.4 Å². The molecule has 16 heavy (non-hydrogen) atoms. The van der Waals surface area contributed by atoms with Gasteiger partial charge < -0.3 is 5.32 Å². The molecule has 1 fully saturated rings. The molecule has 0 saturated heterocycles. The van der Waals surface area contributed by atoms with Gasteiger partial charge >= 0.3 is 0 Å². The highest BCUT2D eigenvalue weighted by molar-refractivity contribution is 7.92. The van der Waals surface area contributed by atoms with E-state index in [1.165, 1.54) is 13.8 Å². The molecule has 4 nitrogen and oxygen atoms in total. The van der Waals surface area contributed by atoms with Crippen molar-refractivity contribution >= 4 is 27.3 Å². The highest BCUT2D eigenvalue weighted by Crippen LogP contribution is 2.25. The fourth-order valence-corrected chi connectivity index (χ4v) is 2.33. The predicted octanol–water partition coefficient (Wildman–Crippen LogP) is 1.09. The maximum absolute atomic E-state index is 11.9. The minimum Gasteiger partial charge on any atom is -0.351 e. The lowest BCUT2D eigenvalue weighted by atomic mass is 10.1. The molecule has 1 aliphatic carbocycles. The first-order valence-electron chi connectivity index (χ1n) is 5.31. The van der Waals surface area contributed by atoms with Crippen molar-refractivity contribution in [1.29, 1.82) is 0 Å². The summed E-state index contributed by atoms with van der Waals surface area (Å²) in [6, 6.07) is -0.102. The molecule has 94 valence electrons. The Morgan fingerprint density at radius 3 is 2.31 bits per heavy atom. The molecule has 1 saturated carbocycles. The number of alkyl halides is 1. The Morgan fingerprint density at radius 1 is 1.38 bits per heavy atom. The minimum absolute atomic E-state index is 0.0840. The number of amides is 1. The molecular formula is C10H18ClNO3S. The van der Waals surface area contributed by atoms with Crippen molar-refractivity contribution in [3.05, 3.63) is 0 Å². The van der Waals surface area contributed by atoms with Gasteiger partial charge in [0, 0.05) is 12.3 Å². The third-order valence-corrected chi connectivity index (χ3v) is 5.78. The molecule has 0 aromatic rings. The number of halogens is 1. The van der Waals surface area contributed by atoms with Gasteiger partial charge in [-0.05, 0) is 33.1 Å². The summed E-state index contributed by atoms with van der Waals surface area (Å²) in [6.07, 6.45) is 3.73. The maximum atomic E-state index is 11.9. The summed E-state index contributed by atoms with van der Waals surface area (Å²) < 4.78 is 21.5. The van der Waals surface area contributed by atoms with Crippen LogP contribution in [0, 0.1) is 0 Å². The lowest BCUT2D eigenvalue weighted by Gasteiger charge is -2.25. The van der Waals surface area contributed by atoms with Gasteiger partial charge in [-0.1, -0.05) is 0 Å². The average molecular weight is 268 g/mol. The summed E-state index contributed by atoms with van der Waals surface area (Å²) in [7, 11) is -3.42. The Labute approximate surface area is 102 Å². The van der Waals surface area contributed by atoms with Crippen molar-refractivity contribution in [2.75, 3.05) is 6.26 Å². The monoisotopic (exact) mass is 267 g/mol. The molecule has 6 heteroatoms. The smallest absolute Gasteiger partial charge is 0.241 e. The van der Waals surface area contributed by atoms with Crippen molar-refractivity contribution in [2.45, 2.75) is 49.3 Å². The van der Waals surface area contributed by atoms with E-state index in [1.54, 1.807) is 0 Å². The van der Waals surface area contributed by atoms with Gasteiger partial charge in [0.2, 0.25) is 5.91 Å². The summed E-state index contributed by atoms with van der Waals surface area (Å²) in [5.41, 5.74) is 0. The number of hydrogen-bond donors (Lipinski definition) is 1. The standard InChI is InChI=1S/C10H18ClNO3S/c1-10(2,16(3,14)15)9(13)12-8-6-4-5-7(8)11/h7-8H,4-6H2,1-3H3,(H,12,13). The van der Waals surface area contributed by atoms with Crippen LogP contribution in [0.25, 0.3) is 0 Å². The number of carbonyl (C=O) groups excluding carboxylic acids is 1. The van der Waals surface area contributed by atoms with Crippen molar-refractivity contribution in [2.24, 2.45) is 0 Å². The van der Waals surface area contributed by atoms with Crippen LogP contribution < -0.4 is 5.32 Å². The van der Waals surface area contributed by atoms with Crippen molar-refractivity contribution in [3.8, 4) is 0 Å². The van der Waals surface area contributed by atoms with E-state index in [9.17, 15) is 13.2 Å². The van der Waals surface area contributed by atoms with Crippen molar-refractivity contribution in [1.82, 2.24) is 5.32 Å². The first-order chi connectivity index (χ1) is 7.16. The Kier molecular flexibility index (Phi) is 3.90. The number of hydrogen-bond acceptors (Lipinski definition) is 3. The first-order valence-corrected chi connectivity index (χ1v) is 7.63. The molecule has 1 amide bonds. The average Bonchev–Trinajstić information content (AvgIpc) is 2.49. The van der Waals surface area contributed by atoms with Gasteiger partial charge in [-0.2, -0.15) is 0 Å². The van der Waals surface area contributed by atoms with Crippen molar-refractivity contribution < 1.29 is 13.2 Å². The van der Waals surface area contributed by atoms with Crippen LogP contribution in [-0.2, 0) is 14.6 Å². The van der Waals surface area contributed by atoms with Crippen LogP contribution in [0.15, 0.2) is 0 Å². The number of nitrogens with one attached hydrogen (secondary N) is 1. The van der Waals surface area contributed by atoms with E-state index in [0.717, 1.165) is 25.5 Å². The van der Waals surface area contributed by atoms with Gasteiger partial charge in [-0.25, -0.2) is 8.42 Å². The molecule has 1 aliphatic rings. The number of carbonyl (C=O) groups is 1. The molecule has 1 rings (SSSR count). The topological polar surface area (TPSA) is 63.2 Å². The van der Waals surface area contributed by atoms with Crippen LogP contribution in [0.5, 0.6) is 0 Å². The molecule has 0 heterocycles. The van der Waals surface area contributed by atoms with Crippen LogP contribution in [0.3, 0.4) is 0 Å². The van der Waals surface area contributed by atoms with Crippen molar-refractivity contribution in [3.63, 3.8) is 0 Å². The minimum atomic E-state index is -3.42. The predicted molar refractivity (Wildman–Crippen MR) is 64.3 cm³/mol. The van der Waals surface area contributed by atoms with Gasteiger partial charge in [0.1, 0.15) is 4.75 Å². The second kappa shape index (κ2) is 4.53. The quantitative estimate of drug-likeness (QED) is 0.779. The Bertz CT molecular complexity index is 378. The van der Waals surface area contributed by atoms with Crippen LogP contribution in [0.2, 0.25) is 0 Å². The fraction of sp³-hybridized carbons (Fsp3) is 0.900. The third-order valence-electron chi connectivity index (χ3n) is 3.22. The molecule has 1 N–H and O–H groups in total. The van der Waals surface area contributed by atoms with Gasteiger partial charge in [0.15, 0.2) is 9.84 Å². The van der Waals surface area contributed by atoms with E-state index in [4.69, 9.17) is 11.6 Å². The molecule has 0 spiro atoms. The molecule has 2 atom stereocenters. The highest BCUT2D eigenvalue weighted by atomic mass is 35.5. The Balaban J connectivity index is 2.72. The molecule has 0 aromatic carbocycles. The van der Waals surface area contributed by atoms with Crippen LogP contribution in [0.4, 0.5) is 0 Å². The largest absolute Gasteiger partial charge is 0.351 e. The zero-order chi connectivity index (χ0) is 12.6. The van der Waals surface area contributed by atoms with E-state index < -0.39 is 20.5 Å². The summed E-state index contributed by atoms with van der Waals surface area (Å²) in [5.74, 6) is -0.465. The Hall–Kier alpha value is -0.290. The van der Waals surface area contributed by atoms with Gasteiger partial charge in [-0.15, -0.1) is 11.6 Å². The van der Waals surface area contributed by atoms with Crippen LogP contribution in [-0.4, -0.2) is 36.7 Å². The molecule has 0 aliphatic heterocycles. The third kappa shape index (κ3) is 2.69. The van der Waals surface area contributed by atoms with E-state index in [2.05, 4.69) is 5.32 Å². The molecular weight excluding hydrogens is 250 g/mol. The SMILES string of the molecule is CC(C)(C(=O)NC1CCCC1Cl)S(C)(=O)=O. The summed E-state index contributed by atoms with van der Waals surface area (Å²) in [5, 5.41) is 2.64. The molecule has 2 unspecified atom stereocenters. The summed E-state index contributed by atoms with van der Waals surface area (Å²) in [6.45, 7) is 2.83. The zero-order valence-electron chi connectivity index (χ0n) is 9.79. The normalized spacial score (nSPS) is 26.8. The van der Waals surface area contributed by atoms with Gasteiger partial charge in [0.25, 0.3) is 0 Å². The maximum Gasteiger partial charge on any atom is 0.241 e.